The van der Waals surface area contributed by atoms with Crippen molar-refractivity contribution >= 4 is 11.6 Å². The fraction of sp³-hybridized carbons (Fsp3) is 0.438. The van der Waals surface area contributed by atoms with Crippen molar-refractivity contribution in [2.75, 3.05) is 5.01 Å². The van der Waals surface area contributed by atoms with E-state index < -0.39 is 0 Å². The topological polar surface area (TPSA) is 32.3 Å². The molecule has 1 aromatic rings. The average Bonchev–Trinajstić information content (AvgIpc) is 2.46. The number of carbonyl (C=O) groups excluding carboxylic acids is 1. The fourth-order valence-electron chi connectivity index (χ4n) is 2.27. The SMILES string of the molecule is CCCCCCC1C=CN(c2ccccc2)NC1=O. The maximum atomic E-state index is 12.0. The molecule has 2 rings (SSSR count). The zero-order valence-corrected chi connectivity index (χ0v) is 11.5. The number of nitrogens with zero attached hydrogens (tertiary/aromatic N) is 1. The number of benzene rings is 1. The Balaban J connectivity index is 1.89. The van der Waals surface area contributed by atoms with Gasteiger partial charge in [0.25, 0.3) is 0 Å². The van der Waals surface area contributed by atoms with Gasteiger partial charge in [-0.05, 0) is 18.6 Å². The van der Waals surface area contributed by atoms with E-state index in [0.717, 1.165) is 18.5 Å². The molecule has 1 atom stereocenters. The standard InChI is InChI=1S/C16H22N2O/c1-2-3-4-6-9-14-12-13-18(17-16(14)19)15-10-7-5-8-11-15/h5,7-8,10-14H,2-4,6,9H2,1H3,(H,17,19). The average molecular weight is 258 g/mol. The van der Waals surface area contributed by atoms with Crippen LogP contribution < -0.4 is 10.4 Å². The maximum absolute atomic E-state index is 12.0. The minimum Gasteiger partial charge on any atom is -0.273 e. The van der Waals surface area contributed by atoms with Gasteiger partial charge >= 0.3 is 0 Å². The Morgan fingerprint density at radius 3 is 2.63 bits per heavy atom. The molecule has 0 aromatic heterocycles. The van der Waals surface area contributed by atoms with Gasteiger partial charge in [-0.1, -0.05) is 56.9 Å². The van der Waals surface area contributed by atoms with Crippen LogP contribution in [0, 0.1) is 5.92 Å². The number of carbonyl (C=O) groups is 1. The normalized spacial score (nSPS) is 18.5. The largest absolute Gasteiger partial charge is 0.273 e. The molecule has 1 unspecified atom stereocenters. The molecule has 3 heteroatoms. The Morgan fingerprint density at radius 1 is 1.16 bits per heavy atom. The van der Waals surface area contributed by atoms with Crippen LogP contribution in [0.3, 0.4) is 0 Å². The van der Waals surface area contributed by atoms with E-state index in [-0.39, 0.29) is 11.8 Å². The molecule has 0 spiro atoms. The van der Waals surface area contributed by atoms with E-state index in [0.29, 0.717) is 0 Å². The lowest BCUT2D eigenvalue weighted by Gasteiger charge is -2.28. The third-order valence-corrected chi connectivity index (χ3v) is 3.44. The van der Waals surface area contributed by atoms with Crippen LogP contribution in [0.4, 0.5) is 5.69 Å². The van der Waals surface area contributed by atoms with Crippen LogP contribution in [0.5, 0.6) is 0 Å². The van der Waals surface area contributed by atoms with Crippen molar-refractivity contribution in [3.8, 4) is 0 Å². The van der Waals surface area contributed by atoms with E-state index >= 15 is 0 Å². The van der Waals surface area contributed by atoms with Crippen molar-refractivity contribution in [1.29, 1.82) is 0 Å². The van der Waals surface area contributed by atoms with Crippen molar-refractivity contribution in [2.45, 2.75) is 39.0 Å². The summed E-state index contributed by atoms with van der Waals surface area (Å²) in [5.41, 5.74) is 3.91. The number of hydrogen-bond donors (Lipinski definition) is 1. The summed E-state index contributed by atoms with van der Waals surface area (Å²) >= 11 is 0. The molecule has 0 saturated heterocycles. The Labute approximate surface area is 115 Å². The quantitative estimate of drug-likeness (QED) is 0.790. The molecule has 1 aromatic carbocycles. The van der Waals surface area contributed by atoms with Crippen LogP contribution in [-0.4, -0.2) is 5.91 Å². The molecule has 102 valence electrons. The Morgan fingerprint density at radius 2 is 1.95 bits per heavy atom. The van der Waals surface area contributed by atoms with Crippen LogP contribution in [0.2, 0.25) is 0 Å². The predicted octanol–water partition coefficient (Wildman–Crippen LogP) is 3.64. The van der Waals surface area contributed by atoms with E-state index in [4.69, 9.17) is 0 Å². The Kier molecular flexibility index (Phi) is 5.01. The number of rotatable bonds is 6. The van der Waals surface area contributed by atoms with Gasteiger partial charge in [-0.15, -0.1) is 0 Å². The van der Waals surface area contributed by atoms with Gasteiger partial charge in [0, 0.05) is 6.20 Å². The van der Waals surface area contributed by atoms with Crippen LogP contribution in [-0.2, 0) is 4.79 Å². The Bertz CT molecular complexity index is 428. The van der Waals surface area contributed by atoms with E-state index in [2.05, 4.69) is 12.3 Å². The van der Waals surface area contributed by atoms with Crippen molar-refractivity contribution in [3.63, 3.8) is 0 Å². The number of amides is 1. The van der Waals surface area contributed by atoms with Crippen LogP contribution in [0.1, 0.15) is 39.0 Å². The number of para-hydroxylation sites is 1. The summed E-state index contributed by atoms with van der Waals surface area (Å²) in [6, 6.07) is 9.85. The number of unbranched alkanes of at least 4 members (excludes halogenated alkanes) is 3. The van der Waals surface area contributed by atoms with Gasteiger partial charge in [0.15, 0.2) is 0 Å². The van der Waals surface area contributed by atoms with E-state index in [9.17, 15) is 4.79 Å². The summed E-state index contributed by atoms with van der Waals surface area (Å²) in [7, 11) is 0. The van der Waals surface area contributed by atoms with Gasteiger partial charge in [0.2, 0.25) is 5.91 Å². The maximum Gasteiger partial charge on any atom is 0.245 e. The number of anilines is 1. The van der Waals surface area contributed by atoms with Gasteiger partial charge in [0.1, 0.15) is 0 Å². The third kappa shape index (κ3) is 3.85. The van der Waals surface area contributed by atoms with E-state index in [1.807, 2.05) is 42.6 Å². The molecular weight excluding hydrogens is 236 g/mol. The lowest BCUT2D eigenvalue weighted by Crippen LogP contribution is -2.45. The van der Waals surface area contributed by atoms with E-state index in [1.54, 1.807) is 5.01 Å². The summed E-state index contributed by atoms with van der Waals surface area (Å²) in [4.78, 5) is 12.0. The van der Waals surface area contributed by atoms with Crippen molar-refractivity contribution in [1.82, 2.24) is 5.43 Å². The minimum atomic E-state index is 0.0248. The highest BCUT2D eigenvalue weighted by Crippen LogP contribution is 2.19. The smallest absolute Gasteiger partial charge is 0.245 e. The van der Waals surface area contributed by atoms with Crippen molar-refractivity contribution in [3.05, 3.63) is 42.6 Å². The van der Waals surface area contributed by atoms with Crippen molar-refractivity contribution < 1.29 is 4.79 Å². The molecule has 0 radical (unpaired) electrons. The second-order valence-corrected chi connectivity index (χ2v) is 4.98. The monoisotopic (exact) mass is 258 g/mol. The highest BCUT2D eigenvalue weighted by atomic mass is 16.2. The number of hydrazine groups is 1. The molecule has 0 aliphatic carbocycles. The molecule has 1 aliphatic rings. The van der Waals surface area contributed by atoms with Gasteiger partial charge in [-0.25, -0.2) is 0 Å². The molecule has 0 fully saturated rings. The van der Waals surface area contributed by atoms with Crippen LogP contribution in [0.25, 0.3) is 0 Å². The molecule has 1 heterocycles. The molecule has 1 aliphatic heterocycles. The second kappa shape index (κ2) is 6.98. The van der Waals surface area contributed by atoms with Crippen LogP contribution >= 0.6 is 0 Å². The minimum absolute atomic E-state index is 0.0248. The molecule has 3 nitrogen and oxygen atoms in total. The number of nitrogens with one attached hydrogen (secondary N) is 1. The predicted molar refractivity (Wildman–Crippen MR) is 78.5 cm³/mol. The summed E-state index contributed by atoms with van der Waals surface area (Å²) in [5, 5.41) is 1.78. The highest BCUT2D eigenvalue weighted by molar-refractivity contribution is 5.84. The summed E-state index contributed by atoms with van der Waals surface area (Å²) in [6.45, 7) is 2.20. The summed E-state index contributed by atoms with van der Waals surface area (Å²) in [5.74, 6) is 0.125. The lowest BCUT2D eigenvalue weighted by molar-refractivity contribution is -0.124. The zero-order valence-electron chi connectivity index (χ0n) is 11.5. The summed E-state index contributed by atoms with van der Waals surface area (Å²) < 4.78 is 0. The van der Waals surface area contributed by atoms with Gasteiger partial charge in [-0.2, -0.15) is 0 Å². The highest BCUT2D eigenvalue weighted by Gasteiger charge is 2.21. The fourth-order valence-corrected chi connectivity index (χ4v) is 2.27. The first kappa shape index (κ1) is 13.7. The summed E-state index contributed by atoms with van der Waals surface area (Å²) in [6.07, 6.45) is 9.75. The lowest BCUT2D eigenvalue weighted by atomic mass is 9.99. The molecule has 1 N–H and O–H groups in total. The second-order valence-electron chi connectivity index (χ2n) is 4.98. The first-order valence-electron chi connectivity index (χ1n) is 7.14. The van der Waals surface area contributed by atoms with Gasteiger partial charge < -0.3 is 0 Å². The van der Waals surface area contributed by atoms with Crippen LogP contribution in [0.15, 0.2) is 42.6 Å². The zero-order chi connectivity index (χ0) is 13.5. The van der Waals surface area contributed by atoms with Gasteiger partial charge in [-0.3, -0.25) is 15.2 Å². The molecule has 1 amide bonds. The number of hydrogen-bond acceptors (Lipinski definition) is 2. The Hall–Kier alpha value is -1.77. The first-order valence-corrected chi connectivity index (χ1v) is 7.14. The van der Waals surface area contributed by atoms with Crippen molar-refractivity contribution in [2.24, 2.45) is 5.92 Å². The molecular formula is C16H22N2O. The molecule has 19 heavy (non-hydrogen) atoms. The first-order chi connectivity index (χ1) is 9.31. The molecule has 0 bridgehead atoms. The third-order valence-electron chi connectivity index (χ3n) is 3.44. The van der Waals surface area contributed by atoms with Gasteiger partial charge in [0.05, 0.1) is 11.6 Å². The van der Waals surface area contributed by atoms with E-state index in [1.165, 1.54) is 19.3 Å². The molecule has 0 saturated carbocycles.